The minimum Gasteiger partial charge on any atom is -0.342 e. The lowest BCUT2D eigenvalue weighted by molar-refractivity contribution is -0.171. The number of imidazole rings is 1. The predicted octanol–water partition coefficient (Wildman–Crippen LogP) is 5.73. The van der Waals surface area contributed by atoms with E-state index >= 15 is 0 Å². The fourth-order valence-corrected chi connectivity index (χ4v) is 4.72. The number of nitrogens with zero attached hydrogens (tertiary/aromatic N) is 2. The quantitative estimate of drug-likeness (QED) is 0.389. The number of carbonyl (C=O) groups is 3. The van der Waals surface area contributed by atoms with E-state index < -0.39 is 30.3 Å². The molecule has 1 fully saturated rings. The molecule has 2 amide bonds. The van der Waals surface area contributed by atoms with Crippen LogP contribution in [-0.2, 0) is 4.79 Å². The SMILES string of the molecule is CC(NC(=O)c1ccc(C(=O)N2CCC(CCC(=O)C(F)(F)F)C2)c(Cl)c1)c1nc2ccc(Cl)cc2[nH]1. The highest BCUT2D eigenvalue weighted by Crippen LogP contribution is 2.28. The Bertz CT molecular complexity index is 1360. The summed E-state index contributed by atoms with van der Waals surface area (Å²) in [7, 11) is 0. The Morgan fingerprint density at radius 3 is 2.65 bits per heavy atom. The monoisotopic (exact) mass is 554 g/mol. The highest BCUT2D eigenvalue weighted by molar-refractivity contribution is 6.34. The lowest BCUT2D eigenvalue weighted by Crippen LogP contribution is -2.30. The molecule has 2 atom stereocenters. The third-order valence-electron chi connectivity index (χ3n) is 6.35. The van der Waals surface area contributed by atoms with Gasteiger partial charge in [0, 0.05) is 30.1 Å². The van der Waals surface area contributed by atoms with Crippen LogP contribution in [0.2, 0.25) is 10.0 Å². The molecule has 0 spiro atoms. The van der Waals surface area contributed by atoms with Crippen molar-refractivity contribution >= 4 is 51.8 Å². The fourth-order valence-electron chi connectivity index (χ4n) is 4.28. The number of carbonyl (C=O) groups excluding carboxylic acids is 3. The number of halogens is 5. The summed E-state index contributed by atoms with van der Waals surface area (Å²) in [6.07, 6.45) is -4.87. The molecule has 1 aromatic heterocycles. The van der Waals surface area contributed by atoms with Gasteiger partial charge in [0.2, 0.25) is 5.78 Å². The summed E-state index contributed by atoms with van der Waals surface area (Å²) in [5.41, 5.74) is 1.89. The number of amides is 2. The third kappa shape index (κ3) is 6.24. The molecule has 0 radical (unpaired) electrons. The van der Waals surface area contributed by atoms with Crippen LogP contribution in [0.5, 0.6) is 0 Å². The molecule has 1 aliphatic rings. The van der Waals surface area contributed by atoms with Crippen molar-refractivity contribution in [2.24, 2.45) is 5.92 Å². The largest absolute Gasteiger partial charge is 0.449 e. The highest BCUT2D eigenvalue weighted by Gasteiger charge is 2.38. The topological polar surface area (TPSA) is 95.2 Å². The summed E-state index contributed by atoms with van der Waals surface area (Å²) < 4.78 is 37.3. The lowest BCUT2D eigenvalue weighted by atomic mass is 10.0. The number of H-pyrrole nitrogens is 1. The highest BCUT2D eigenvalue weighted by atomic mass is 35.5. The lowest BCUT2D eigenvalue weighted by Gasteiger charge is -2.18. The van der Waals surface area contributed by atoms with Gasteiger partial charge in [0.25, 0.3) is 11.8 Å². The molecule has 12 heteroatoms. The Kier molecular flexibility index (Phi) is 7.80. The van der Waals surface area contributed by atoms with Crippen LogP contribution >= 0.6 is 23.2 Å². The average molecular weight is 555 g/mol. The maximum absolute atomic E-state index is 12.9. The van der Waals surface area contributed by atoms with Gasteiger partial charge in [0.05, 0.1) is 27.7 Å². The van der Waals surface area contributed by atoms with Gasteiger partial charge in [-0.25, -0.2) is 4.98 Å². The van der Waals surface area contributed by atoms with Crippen molar-refractivity contribution in [3.05, 3.63) is 63.4 Å². The minimum absolute atomic E-state index is 0.0609. The number of fused-ring (bicyclic) bond motifs is 1. The van der Waals surface area contributed by atoms with Gasteiger partial charge in [-0.05, 0) is 62.1 Å². The van der Waals surface area contributed by atoms with Gasteiger partial charge in [-0.15, -0.1) is 0 Å². The van der Waals surface area contributed by atoms with E-state index in [4.69, 9.17) is 23.2 Å². The standard InChI is InChI=1S/C25H23Cl2F3N4O3/c1-13(22-32-19-6-4-16(26)11-20(19)33-22)31-23(36)15-3-5-17(18(27)10-15)24(37)34-9-8-14(12-34)2-7-21(35)25(28,29)30/h3-6,10-11,13-14H,2,7-9,12H2,1H3,(H,31,36)(H,32,33). The van der Waals surface area contributed by atoms with Crippen LogP contribution in [0.1, 0.15) is 58.8 Å². The number of hydrogen-bond donors (Lipinski definition) is 2. The zero-order valence-electron chi connectivity index (χ0n) is 19.7. The van der Waals surface area contributed by atoms with Crippen molar-refractivity contribution in [1.29, 1.82) is 0 Å². The van der Waals surface area contributed by atoms with E-state index in [0.29, 0.717) is 29.3 Å². The van der Waals surface area contributed by atoms with Crippen LogP contribution in [0.15, 0.2) is 36.4 Å². The molecule has 1 aliphatic heterocycles. The van der Waals surface area contributed by atoms with E-state index in [9.17, 15) is 27.6 Å². The Balaban J connectivity index is 1.36. The molecule has 196 valence electrons. The first kappa shape index (κ1) is 26.9. The van der Waals surface area contributed by atoms with Crippen LogP contribution in [-0.4, -0.2) is 51.7 Å². The molecule has 37 heavy (non-hydrogen) atoms. The van der Waals surface area contributed by atoms with Crippen molar-refractivity contribution in [3.63, 3.8) is 0 Å². The van der Waals surface area contributed by atoms with Gasteiger partial charge in [-0.3, -0.25) is 14.4 Å². The molecule has 2 N–H and O–H groups in total. The predicted molar refractivity (Wildman–Crippen MR) is 133 cm³/mol. The van der Waals surface area contributed by atoms with Crippen LogP contribution < -0.4 is 5.32 Å². The van der Waals surface area contributed by atoms with E-state index in [2.05, 4.69) is 15.3 Å². The van der Waals surface area contributed by atoms with E-state index in [-0.39, 0.29) is 40.9 Å². The molecule has 0 saturated carbocycles. The molecule has 0 bridgehead atoms. The Labute approximate surface area is 220 Å². The summed E-state index contributed by atoms with van der Waals surface area (Å²) in [5, 5.41) is 3.47. The van der Waals surface area contributed by atoms with Crippen LogP contribution in [0.4, 0.5) is 13.2 Å². The molecule has 0 aliphatic carbocycles. The van der Waals surface area contributed by atoms with E-state index in [1.807, 2.05) is 0 Å². The van der Waals surface area contributed by atoms with E-state index in [1.165, 1.54) is 23.1 Å². The van der Waals surface area contributed by atoms with Crippen molar-refractivity contribution in [1.82, 2.24) is 20.2 Å². The number of Topliss-reactive ketones (excluding diaryl/α,β-unsaturated/α-hetero) is 1. The molecule has 1 saturated heterocycles. The number of alkyl halides is 3. The number of ketones is 1. The minimum atomic E-state index is -4.84. The number of nitrogens with one attached hydrogen (secondary N) is 2. The number of rotatable bonds is 7. The van der Waals surface area contributed by atoms with Gasteiger partial charge in [0.1, 0.15) is 5.82 Å². The first-order valence-corrected chi connectivity index (χ1v) is 12.3. The van der Waals surface area contributed by atoms with Gasteiger partial charge >= 0.3 is 6.18 Å². The number of aromatic nitrogens is 2. The molecule has 3 aromatic rings. The molecular weight excluding hydrogens is 532 g/mol. The first-order valence-electron chi connectivity index (χ1n) is 11.6. The molecule has 2 heterocycles. The average Bonchev–Trinajstić information content (AvgIpc) is 3.48. The normalized spacial score (nSPS) is 16.7. The van der Waals surface area contributed by atoms with Crippen molar-refractivity contribution in [2.45, 2.75) is 38.4 Å². The number of benzene rings is 2. The summed E-state index contributed by atoms with van der Waals surface area (Å²) in [5.74, 6) is -2.20. The summed E-state index contributed by atoms with van der Waals surface area (Å²) >= 11 is 12.3. The van der Waals surface area contributed by atoms with Gasteiger partial charge < -0.3 is 15.2 Å². The van der Waals surface area contributed by atoms with E-state index in [1.54, 1.807) is 25.1 Å². The molecule has 2 unspecified atom stereocenters. The summed E-state index contributed by atoms with van der Waals surface area (Å²) in [4.78, 5) is 45.9. The smallest absolute Gasteiger partial charge is 0.342 e. The van der Waals surface area contributed by atoms with Crippen LogP contribution in [0.3, 0.4) is 0 Å². The Morgan fingerprint density at radius 2 is 1.95 bits per heavy atom. The second-order valence-corrected chi connectivity index (χ2v) is 9.88. The van der Waals surface area contributed by atoms with Crippen LogP contribution in [0, 0.1) is 5.92 Å². The number of aromatic amines is 1. The maximum Gasteiger partial charge on any atom is 0.449 e. The maximum atomic E-state index is 12.9. The molecule has 2 aromatic carbocycles. The molecule has 4 rings (SSSR count). The number of likely N-dealkylation sites (tertiary alicyclic amines) is 1. The summed E-state index contributed by atoms with van der Waals surface area (Å²) in [6, 6.07) is 9.10. The van der Waals surface area contributed by atoms with Crippen molar-refractivity contribution in [3.8, 4) is 0 Å². The molecule has 7 nitrogen and oxygen atoms in total. The van der Waals surface area contributed by atoms with Gasteiger partial charge in [-0.2, -0.15) is 13.2 Å². The first-order chi connectivity index (χ1) is 17.4. The van der Waals surface area contributed by atoms with Crippen molar-refractivity contribution < 1.29 is 27.6 Å². The second-order valence-electron chi connectivity index (χ2n) is 9.04. The van der Waals surface area contributed by atoms with Crippen molar-refractivity contribution in [2.75, 3.05) is 13.1 Å². The van der Waals surface area contributed by atoms with Gasteiger partial charge in [-0.1, -0.05) is 23.2 Å². The zero-order valence-corrected chi connectivity index (χ0v) is 21.2. The number of hydrogen-bond acceptors (Lipinski definition) is 4. The van der Waals surface area contributed by atoms with Crippen LogP contribution in [0.25, 0.3) is 11.0 Å². The summed E-state index contributed by atoms with van der Waals surface area (Å²) in [6.45, 7) is 2.36. The Hall–Kier alpha value is -3.11. The second kappa shape index (κ2) is 10.7. The molecular formula is C25H23Cl2F3N4O3. The third-order valence-corrected chi connectivity index (χ3v) is 6.90. The van der Waals surface area contributed by atoms with Gasteiger partial charge in [0.15, 0.2) is 0 Å². The van der Waals surface area contributed by atoms with E-state index in [0.717, 1.165) is 5.52 Å². The zero-order chi connectivity index (χ0) is 26.9. The Morgan fingerprint density at radius 1 is 1.19 bits per heavy atom. The fraction of sp³-hybridized carbons (Fsp3) is 0.360.